The number of pyridine rings is 2. The minimum atomic E-state index is -0.407. The zero-order chi connectivity index (χ0) is 21.9. The van der Waals surface area contributed by atoms with E-state index in [0.29, 0.717) is 62.8 Å². The predicted octanol–water partition coefficient (Wildman–Crippen LogP) is 2.32. The van der Waals surface area contributed by atoms with Crippen molar-refractivity contribution in [3.8, 4) is 0 Å². The van der Waals surface area contributed by atoms with Gasteiger partial charge in [-0.3, -0.25) is 14.6 Å². The van der Waals surface area contributed by atoms with Crippen LogP contribution in [-0.4, -0.2) is 77.6 Å². The fourth-order valence-corrected chi connectivity index (χ4v) is 4.16. The highest BCUT2D eigenvalue weighted by molar-refractivity contribution is 6.06. The first-order valence-corrected chi connectivity index (χ1v) is 10.8. The lowest BCUT2D eigenvalue weighted by Crippen LogP contribution is -2.42. The van der Waals surface area contributed by atoms with Crippen molar-refractivity contribution < 1.29 is 19.1 Å². The number of carbonyl (C=O) groups is 2. The Morgan fingerprint density at radius 1 is 0.906 bits per heavy atom. The van der Waals surface area contributed by atoms with E-state index in [9.17, 15) is 9.59 Å². The highest BCUT2D eigenvalue weighted by Crippen LogP contribution is 2.27. The van der Waals surface area contributed by atoms with Crippen molar-refractivity contribution in [3.63, 3.8) is 0 Å². The lowest BCUT2D eigenvalue weighted by molar-refractivity contribution is -0.0246. The number of benzene rings is 1. The zero-order valence-corrected chi connectivity index (χ0v) is 17.6. The molecule has 0 spiro atoms. The van der Waals surface area contributed by atoms with E-state index in [2.05, 4.69) is 4.98 Å². The van der Waals surface area contributed by atoms with E-state index >= 15 is 0 Å². The Morgan fingerprint density at radius 3 is 2.47 bits per heavy atom. The number of carbonyl (C=O) groups excluding carboxylic acids is 2. The second-order valence-corrected chi connectivity index (χ2v) is 7.86. The fraction of sp³-hybridized carbons (Fsp3) is 0.333. The summed E-state index contributed by atoms with van der Waals surface area (Å²) < 4.78 is 11.4. The zero-order valence-electron chi connectivity index (χ0n) is 17.6. The summed E-state index contributed by atoms with van der Waals surface area (Å²) in [7, 11) is 0. The van der Waals surface area contributed by atoms with Crippen LogP contribution >= 0.6 is 0 Å². The molecule has 0 bridgehead atoms. The van der Waals surface area contributed by atoms with E-state index < -0.39 is 6.10 Å². The highest BCUT2D eigenvalue weighted by atomic mass is 16.5. The maximum Gasteiger partial charge on any atom is 0.254 e. The summed E-state index contributed by atoms with van der Waals surface area (Å²) in [6.45, 7) is 3.50. The number of para-hydroxylation sites is 1. The highest BCUT2D eigenvalue weighted by Gasteiger charge is 2.29. The first-order chi connectivity index (χ1) is 15.7. The minimum Gasteiger partial charge on any atom is -0.378 e. The molecule has 0 unspecified atom stereocenters. The standard InChI is InChI=1S/C24H24N4O4/c29-23(17-5-7-25-8-6-17)28-11-14-32-22(16-28)21-15-19(18-3-1-2-4-20(18)26-21)24(30)27-9-12-31-13-10-27/h1-8,15,22H,9-14,16H2/t22-/m0/s1. The molecule has 0 N–H and O–H groups in total. The number of ether oxygens (including phenoxy) is 2. The number of nitrogens with zero attached hydrogens (tertiary/aromatic N) is 4. The minimum absolute atomic E-state index is 0.0336. The number of rotatable bonds is 3. The molecule has 2 amide bonds. The van der Waals surface area contributed by atoms with Gasteiger partial charge in [0, 0.05) is 43.0 Å². The third-order valence-corrected chi connectivity index (χ3v) is 5.88. The molecule has 2 aliphatic heterocycles. The van der Waals surface area contributed by atoms with Crippen LogP contribution in [-0.2, 0) is 9.47 Å². The van der Waals surface area contributed by atoms with Gasteiger partial charge >= 0.3 is 0 Å². The van der Waals surface area contributed by atoms with Gasteiger partial charge in [0.25, 0.3) is 11.8 Å². The molecule has 32 heavy (non-hydrogen) atoms. The maximum atomic E-state index is 13.3. The van der Waals surface area contributed by atoms with Crippen molar-refractivity contribution in [1.82, 2.24) is 19.8 Å². The first-order valence-electron chi connectivity index (χ1n) is 10.8. The summed E-state index contributed by atoms with van der Waals surface area (Å²) >= 11 is 0. The average molecular weight is 432 g/mol. The van der Waals surface area contributed by atoms with Crippen LogP contribution in [0, 0.1) is 0 Å². The summed E-state index contributed by atoms with van der Waals surface area (Å²) in [5.41, 5.74) is 2.60. The molecule has 1 atom stereocenters. The number of fused-ring (bicyclic) bond motifs is 1. The van der Waals surface area contributed by atoms with Gasteiger partial charge in [-0.2, -0.15) is 0 Å². The third-order valence-electron chi connectivity index (χ3n) is 5.88. The second kappa shape index (κ2) is 9.02. The van der Waals surface area contributed by atoms with Crippen LogP contribution < -0.4 is 0 Å². The molecule has 8 nitrogen and oxygen atoms in total. The van der Waals surface area contributed by atoms with Gasteiger partial charge in [-0.25, -0.2) is 4.98 Å². The lowest BCUT2D eigenvalue weighted by Gasteiger charge is -2.33. The predicted molar refractivity (Wildman–Crippen MR) is 117 cm³/mol. The molecule has 4 heterocycles. The Kier molecular flexibility index (Phi) is 5.79. The van der Waals surface area contributed by atoms with Crippen LogP contribution in [0.4, 0.5) is 0 Å². The molecule has 2 saturated heterocycles. The van der Waals surface area contributed by atoms with Crippen LogP contribution in [0.1, 0.15) is 32.5 Å². The van der Waals surface area contributed by atoms with Gasteiger partial charge in [0.15, 0.2) is 0 Å². The van der Waals surface area contributed by atoms with Crippen molar-refractivity contribution in [3.05, 3.63) is 71.7 Å². The van der Waals surface area contributed by atoms with Crippen molar-refractivity contribution in [2.24, 2.45) is 0 Å². The first kappa shape index (κ1) is 20.5. The Balaban J connectivity index is 1.46. The molecular formula is C24H24N4O4. The van der Waals surface area contributed by atoms with Crippen LogP contribution in [0.3, 0.4) is 0 Å². The molecule has 8 heteroatoms. The summed E-state index contributed by atoms with van der Waals surface area (Å²) in [5, 5.41) is 0.813. The van der Waals surface area contributed by atoms with Gasteiger partial charge in [0.05, 0.1) is 43.1 Å². The molecule has 1 aromatic carbocycles. The van der Waals surface area contributed by atoms with Crippen LogP contribution in [0.5, 0.6) is 0 Å². The van der Waals surface area contributed by atoms with E-state index in [1.807, 2.05) is 35.2 Å². The van der Waals surface area contributed by atoms with Crippen molar-refractivity contribution >= 4 is 22.7 Å². The smallest absolute Gasteiger partial charge is 0.254 e. The Morgan fingerprint density at radius 2 is 1.66 bits per heavy atom. The molecule has 2 fully saturated rings. The Bertz CT molecular complexity index is 1130. The molecule has 0 radical (unpaired) electrons. The van der Waals surface area contributed by atoms with Gasteiger partial charge < -0.3 is 19.3 Å². The quantitative estimate of drug-likeness (QED) is 0.632. The Labute approximate surface area is 185 Å². The summed E-state index contributed by atoms with van der Waals surface area (Å²) in [6, 6.07) is 12.9. The average Bonchev–Trinajstić information content (AvgIpc) is 2.88. The van der Waals surface area contributed by atoms with E-state index in [1.54, 1.807) is 29.4 Å². The molecule has 0 aliphatic carbocycles. The number of amides is 2. The van der Waals surface area contributed by atoms with Crippen LogP contribution in [0.15, 0.2) is 54.9 Å². The fourth-order valence-electron chi connectivity index (χ4n) is 4.16. The monoisotopic (exact) mass is 432 g/mol. The van der Waals surface area contributed by atoms with E-state index in [1.165, 1.54) is 0 Å². The van der Waals surface area contributed by atoms with Crippen LogP contribution in [0.25, 0.3) is 10.9 Å². The molecule has 3 aromatic rings. The number of hydrogen-bond acceptors (Lipinski definition) is 6. The SMILES string of the molecule is O=C(c1ccncc1)N1CCO[C@H](c2cc(C(=O)N3CCOCC3)c3ccccc3n2)C1. The third kappa shape index (κ3) is 4.06. The summed E-state index contributed by atoms with van der Waals surface area (Å²) in [6.07, 6.45) is 2.81. The normalized spacial score (nSPS) is 19.2. The van der Waals surface area contributed by atoms with Gasteiger partial charge in [-0.1, -0.05) is 18.2 Å². The lowest BCUT2D eigenvalue weighted by atomic mass is 10.0. The van der Waals surface area contributed by atoms with Crippen LogP contribution in [0.2, 0.25) is 0 Å². The molecule has 2 aliphatic rings. The van der Waals surface area contributed by atoms with E-state index in [4.69, 9.17) is 14.5 Å². The van der Waals surface area contributed by atoms with E-state index in [0.717, 1.165) is 10.9 Å². The van der Waals surface area contributed by atoms with Gasteiger partial charge in [0.1, 0.15) is 6.10 Å². The number of morpholine rings is 2. The second-order valence-electron chi connectivity index (χ2n) is 7.86. The van der Waals surface area contributed by atoms with E-state index in [-0.39, 0.29) is 11.8 Å². The van der Waals surface area contributed by atoms with Crippen molar-refractivity contribution in [1.29, 1.82) is 0 Å². The van der Waals surface area contributed by atoms with Crippen molar-refractivity contribution in [2.75, 3.05) is 46.0 Å². The maximum absolute atomic E-state index is 13.3. The molecule has 2 aromatic heterocycles. The largest absolute Gasteiger partial charge is 0.378 e. The Hall–Kier alpha value is -3.36. The van der Waals surface area contributed by atoms with Gasteiger partial charge in [-0.15, -0.1) is 0 Å². The van der Waals surface area contributed by atoms with Gasteiger partial charge in [0.2, 0.25) is 0 Å². The molecular weight excluding hydrogens is 408 g/mol. The topological polar surface area (TPSA) is 84.9 Å². The summed E-state index contributed by atoms with van der Waals surface area (Å²) in [4.78, 5) is 38.6. The molecule has 0 saturated carbocycles. The molecule has 164 valence electrons. The summed E-state index contributed by atoms with van der Waals surface area (Å²) in [5.74, 6) is -0.0974. The number of aromatic nitrogens is 2. The molecule has 5 rings (SSSR count). The van der Waals surface area contributed by atoms with Gasteiger partial charge in [-0.05, 0) is 24.3 Å². The van der Waals surface area contributed by atoms with Crippen molar-refractivity contribution in [2.45, 2.75) is 6.10 Å². The number of hydrogen-bond donors (Lipinski definition) is 0.